The van der Waals surface area contributed by atoms with Crippen LogP contribution in [-0.4, -0.2) is 23.3 Å². The largest absolute Gasteiger partial charge is 0.550 e. The molecule has 0 radical (unpaired) electrons. The highest BCUT2D eigenvalue weighted by molar-refractivity contribution is 6.30. The smallest absolute Gasteiger partial charge is 0.223 e. The third kappa shape index (κ3) is 4.51. The van der Waals surface area contributed by atoms with Crippen molar-refractivity contribution in [3.63, 3.8) is 0 Å². The van der Waals surface area contributed by atoms with Crippen molar-refractivity contribution in [2.75, 3.05) is 6.54 Å². The molecule has 1 aliphatic heterocycles. The van der Waals surface area contributed by atoms with Gasteiger partial charge >= 0.3 is 0 Å². The average Bonchev–Trinajstić information content (AvgIpc) is 2.97. The van der Waals surface area contributed by atoms with E-state index < -0.39 is 11.9 Å². The summed E-state index contributed by atoms with van der Waals surface area (Å²) in [5.74, 6) is -1.31. The van der Waals surface area contributed by atoms with Crippen molar-refractivity contribution < 1.29 is 19.4 Å². The lowest BCUT2D eigenvalue weighted by Gasteiger charge is -2.17. The Hall–Kier alpha value is -2.53. The molecule has 0 spiro atoms. The molecule has 1 amide bonds. The number of likely N-dealkylation sites (tertiary alicyclic amines) is 1. The van der Waals surface area contributed by atoms with Gasteiger partial charge in [0.15, 0.2) is 0 Å². The molecule has 130 valence electrons. The lowest BCUT2D eigenvalue weighted by Crippen LogP contribution is -2.33. The number of carboxylic acid groups (broad SMARTS) is 1. The fraction of sp³-hybridized carbons (Fsp3) is 0.263. The standard InChI is InChI=1S/C19H18ClNO4/c20-16-5-1-14(2-6-16)12-25-17-7-3-13(4-8-17)10-21-11-15(19(23)24)9-18(21)22/h1-8,15H,9-12H2,(H,23,24)/p-1/t15-/m0/s1. The Morgan fingerprint density at radius 2 is 1.76 bits per heavy atom. The van der Waals surface area contributed by atoms with Gasteiger partial charge in [-0.05, 0) is 35.4 Å². The minimum absolute atomic E-state index is 0.0185. The van der Waals surface area contributed by atoms with E-state index in [-0.39, 0.29) is 18.9 Å². The van der Waals surface area contributed by atoms with Crippen molar-refractivity contribution >= 4 is 23.5 Å². The van der Waals surface area contributed by atoms with Crippen LogP contribution in [0.4, 0.5) is 0 Å². The second kappa shape index (κ2) is 7.57. The number of aliphatic carboxylic acids is 1. The van der Waals surface area contributed by atoms with Gasteiger partial charge in [0.1, 0.15) is 12.4 Å². The Kier molecular flexibility index (Phi) is 5.24. The van der Waals surface area contributed by atoms with E-state index in [0.29, 0.717) is 18.2 Å². The molecule has 25 heavy (non-hydrogen) atoms. The second-order valence-corrected chi connectivity index (χ2v) is 6.49. The van der Waals surface area contributed by atoms with Crippen LogP contribution < -0.4 is 9.84 Å². The van der Waals surface area contributed by atoms with E-state index >= 15 is 0 Å². The number of carboxylic acids is 1. The molecular formula is C19H17ClNO4-. The number of benzene rings is 2. The van der Waals surface area contributed by atoms with Crippen LogP contribution in [0.5, 0.6) is 5.75 Å². The molecule has 2 aromatic rings. The van der Waals surface area contributed by atoms with Crippen molar-refractivity contribution in [1.82, 2.24) is 4.90 Å². The number of hydrogen-bond donors (Lipinski definition) is 0. The molecule has 1 heterocycles. The van der Waals surface area contributed by atoms with Gasteiger partial charge in [0, 0.05) is 36.4 Å². The summed E-state index contributed by atoms with van der Waals surface area (Å²) >= 11 is 5.85. The molecule has 0 aliphatic carbocycles. The van der Waals surface area contributed by atoms with Gasteiger partial charge in [-0.1, -0.05) is 35.9 Å². The van der Waals surface area contributed by atoms with Crippen LogP contribution in [-0.2, 0) is 22.7 Å². The van der Waals surface area contributed by atoms with E-state index in [1.54, 1.807) is 4.90 Å². The van der Waals surface area contributed by atoms with Crippen LogP contribution in [0.1, 0.15) is 17.5 Å². The number of carbonyl (C=O) groups excluding carboxylic acids is 2. The molecule has 0 bridgehead atoms. The third-order valence-electron chi connectivity index (χ3n) is 4.16. The van der Waals surface area contributed by atoms with E-state index in [1.165, 1.54) is 0 Å². The van der Waals surface area contributed by atoms with Crippen molar-refractivity contribution in [2.45, 2.75) is 19.6 Å². The van der Waals surface area contributed by atoms with Crippen LogP contribution in [0.2, 0.25) is 5.02 Å². The first-order chi connectivity index (χ1) is 12.0. The van der Waals surface area contributed by atoms with E-state index in [9.17, 15) is 14.7 Å². The van der Waals surface area contributed by atoms with Crippen LogP contribution in [0, 0.1) is 5.92 Å². The molecule has 0 N–H and O–H groups in total. The van der Waals surface area contributed by atoms with E-state index in [2.05, 4.69) is 0 Å². The maximum absolute atomic E-state index is 11.8. The van der Waals surface area contributed by atoms with Crippen molar-refractivity contribution in [1.29, 1.82) is 0 Å². The van der Waals surface area contributed by atoms with Gasteiger partial charge in [0.25, 0.3) is 0 Å². The first-order valence-corrected chi connectivity index (χ1v) is 8.34. The zero-order valence-electron chi connectivity index (χ0n) is 13.5. The number of ether oxygens (including phenoxy) is 1. The fourth-order valence-corrected chi connectivity index (χ4v) is 2.87. The Balaban J connectivity index is 1.54. The second-order valence-electron chi connectivity index (χ2n) is 6.05. The monoisotopic (exact) mass is 358 g/mol. The van der Waals surface area contributed by atoms with E-state index in [0.717, 1.165) is 16.9 Å². The number of carbonyl (C=O) groups is 2. The molecule has 6 heteroatoms. The zero-order chi connectivity index (χ0) is 17.8. The first kappa shape index (κ1) is 17.3. The maximum Gasteiger partial charge on any atom is 0.223 e. The summed E-state index contributed by atoms with van der Waals surface area (Å²) in [4.78, 5) is 24.3. The normalized spacial score (nSPS) is 16.9. The van der Waals surface area contributed by atoms with Crippen LogP contribution >= 0.6 is 11.6 Å². The topological polar surface area (TPSA) is 69.7 Å². The summed E-state index contributed by atoms with van der Waals surface area (Å²) in [6.07, 6.45) is 0.0185. The highest BCUT2D eigenvalue weighted by Gasteiger charge is 2.30. The van der Waals surface area contributed by atoms with Crippen molar-refractivity contribution in [3.8, 4) is 5.75 Å². The molecule has 1 atom stereocenters. The molecule has 0 aromatic heterocycles. The highest BCUT2D eigenvalue weighted by atomic mass is 35.5. The minimum Gasteiger partial charge on any atom is -0.550 e. The summed E-state index contributed by atoms with van der Waals surface area (Å²) in [6.45, 7) is 1.03. The Morgan fingerprint density at radius 1 is 1.12 bits per heavy atom. The predicted octanol–water partition coefficient (Wildman–Crippen LogP) is 2.02. The molecule has 5 nitrogen and oxygen atoms in total. The minimum atomic E-state index is -1.17. The van der Waals surface area contributed by atoms with Crippen molar-refractivity contribution in [3.05, 3.63) is 64.7 Å². The summed E-state index contributed by atoms with van der Waals surface area (Å²) < 4.78 is 5.72. The summed E-state index contributed by atoms with van der Waals surface area (Å²) in [5.41, 5.74) is 1.94. The molecule has 3 rings (SSSR count). The number of rotatable bonds is 6. The molecule has 0 saturated carbocycles. The molecule has 1 fully saturated rings. The number of amides is 1. The van der Waals surface area contributed by atoms with Gasteiger partial charge in [0.05, 0.1) is 0 Å². The SMILES string of the molecule is O=C([O-])[C@H]1CC(=O)N(Cc2ccc(OCc3ccc(Cl)cc3)cc2)C1. The molecule has 2 aromatic carbocycles. The summed E-state index contributed by atoms with van der Waals surface area (Å²) in [5, 5.41) is 11.6. The molecule has 1 aliphatic rings. The molecular weight excluding hydrogens is 342 g/mol. The Labute approximate surface area is 150 Å². The number of halogens is 1. The fourth-order valence-electron chi connectivity index (χ4n) is 2.74. The lowest BCUT2D eigenvalue weighted by molar-refractivity contribution is -0.311. The summed E-state index contributed by atoms with van der Waals surface area (Å²) in [6, 6.07) is 14.9. The zero-order valence-corrected chi connectivity index (χ0v) is 14.2. The predicted molar refractivity (Wildman–Crippen MR) is 90.8 cm³/mol. The highest BCUT2D eigenvalue weighted by Crippen LogP contribution is 2.21. The molecule has 0 unspecified atom stereocenters. The summed E-state index contributed by atoms with van der Waals surface area (Å²) in [7, 11) is 0. The van der Waals surface area contributed by atoms with Crippen molar-refractivity contribution in [2.24, 2.45) is 5.92 Å². The average molecular weight is 359 g/mol. The van der Waals surface area contributed by atoms with Gasteiger partial charge in [-0.15, -0.1) is 0 Å². The maximum atomic E-state index is 11.8. The van der Waals surface area contributed by atoms with E-state index in [4.69, 9.17) is 16.3 Å². The number of nitrogens with zero attached hydrogens (tertiary/aromatic N) is 1. The van der Waals surface area contributed by atoms with Gasteiger partial charge in [-0.25, -0.2) is 0 Å². The molecule has 1 saturated heterocycles. The third-order valence-corrected chi connectivity index (χ3v) is 4.42. The van der Waals surface area contributed by atoms with Crippen LogP contribution in [0.3, 0.4) is 0 Å². The van der Waals surface area contributed by atoms with Gasteiger partial charge in [0.2, 0.25) is 5.91 Å². The van der Waals surface area contributed by atoms with Crippen LogP contribution in [0.25, 0.3) is 0 Å². The van der Waals surface area contributed by atoms with Gasteiger partial charge in [-0.2, -0.15) is 0 Å². The quantitative estimate of drug-likeness (QED) is 0.792. The lowest BCUT2D eigenvalue weighted by atomic mass is 10.1. The number of hydrogen-bond acceptors (Lipinski definition) is 4. The van der Waals surface area contributed by atoms with Crippen LogP contribution in [0.15, 0.2) is 48.5 Å². The Bertz CT molecular complexity index is 758. The first-order valence-electron chi connectivity index (χ1n) is 7.96. The van der Waals surface area contributed by atoms with Gasteiger partial charge in [-0.3, -0.25) is 4.79 Å². The van der Waals surface area contributed by atoms with Gasteiger partial charge < -0.3 is 19.5 Å². The van der Waals surface area contributed by atoms with E-state index in [1.807, 2.05) is 48.5 Å². The Morgan fingerprint density at radius 3 is 2.36 bits per heavy atom.